The summed E-state index contributed by atoms with van der Waals surface area (Å²) in [6.45, 7) is 14.6. The van der Waals surface area contributed by atoms with E-state index in [-0.39, 0.29) is 30.0 Å². The molecule has 0 aliphatic carbocycles. The normalized spacial score (nSPS) is 19.8. The van der Waals surface area contributed by atoms with Gasteiger partial charge in [-0.2, -0.15) is 0 Å². The molecule has 24 heavy (non-hydrogen) atoms. The molecule has 0 aromatic rings. The maximum atomic E-state index is 12.7. The Balaban J connectivity index is 2.82. The van der Waals surface area contributed by atoms with E-state index in [0.29, 0.717) is 13.1 Å². The van der Waals surface area contributed by atoms with Crippen LogP contribution in [0.3, 0.4) is 0 Å². The van der Waals surface area contributed by atoms with Crippen LogP contribution >= 0.6 is 0 Å². The van der Waals surface area contributed by atoms with Crippen molar-refractivity contribution in [2.45, 2.75) is 85.0 Å². The fourth-order valence-corrected chi connectivity index (χ4v) is 2.85. The fourth-order valence-electron chi connectivity index (χ4n) is 2.85. The Hall–Kier alpha value is -1.30. The number of ether oxygens (including phenoxy) is 1. The molecule has 2 unspecified atom stereocenters. The van der Waals surface area contributed by atoms with E-state index in [9.17, 15) is 9.59 Å². The van der Waals surface area contributed by atoms with Crippen molar-refractivity contribution >= 4 is 12.0 Å². The number of nitrogens with zero attached hydrogens (tertiary/aromatic N) is 2. The van der Waals surface area contributed by atoms with Crippen molar-refractivity contribution in [3.05, 3.63) is 0 Å². The highest BCUT2D eigenvalue weighted by Gasteiger charge is 2.35. The Labute approximate surface area is 146 Å². The number of hydrogen-bond acceptors (Lipinski definition) is 4. The van der Waals surface area contributed by atoms with E-state index in [4.69, 9.17) is 10.5 Å². The summed E-state index contributed by atoms with van der Waals surface area (Å²) in [5.41, 5.74) is 5.54. The van der Waals surface area contributed by atoms with Crippen LogP contribution in [0.5, 0.6) is 0 Å². The first-order chi connectivity index (χ1) is 10.9. The molecular formula is C18H35N3O3. The van der Waals surface area contributed by atoms with Crippen LogP contribution in [-0.2, 0) is 9.53 Å². The maximum Gasteiger partial charge on any atom is 0.410 e. The molecule has 6 nitrogen and oxygen atoms in total. The van der Waals surface area contributed by atoms with Crippen LogP contribution in [0.1, 0.15) is 61.3 Å². The van der Waals surface area contributed by atoms with Gasteiger partial charge in [-0.05, 0) is 53.4 Å². The van der Waals surface area contributed by atoms with Gasteiger partial charge in [0.1, 0.15) is 5.60 Å². The number of hydrogen-bond donors (Lipinski definition) is 1. The second kappa shape index (κ2) is 8.19. The summed E-state index contributed by atoms with van der Waals surface area (Å²) in [7, 11) is 0. The molecule has 2 N–H and O–H groups in total. The Morgan fingerprint density at radius 1 is 1.25 bits per heavy atom. The molecule has 1 rings (SSSR count). The monoisotopic (exact) mass is 341 g/mol. The van der Waals surface area contributed by atoms with Crippen LogP contribution in [0.4, 0.5) is 4.79 Å². The van der Waals surface area contributed by atoms with Gasteiger partial charge >= 0.3 is 6.09 Å². The zero-order valence-corrected chi connectivity index (χ0v) is 16.3. The topological polar surface area (TPSA) is 75.9 Å². The van der Waals surface area contributed by atoms with Crippen molar-refractivity contribution in [1.29, 1.82) is 0 Å². The van der Waals surface area contributed by atoms with Crippen molar-refractivity contribution < 1.29 is 14.3 Å². The summed E-state index contributed by atoms with van der Waals surface area (Å²) in [6.07, 6.45) is 1.52. The van der Waals surface area contributed by atoms with E-state index in [0.717, 1.165) is 12.8 Å². The number of rotatable bonds is 5. The highest BCUT2D eigenvalue weighted by atomic mass is 16.6. The van der Waals surface area contributed by atoms with E-state index in [1.54, 1.807) is 9.80 Å². The van der Waals surface area contributed by atoms with E-state index < -0.39 is 11.6 Å². The van der Waals surface area contributed by atoms with Gasteiger partial charge in [-0.15, -0.1) is 0 Å². The molecule has 1 saturated heterocycles. The maximum absolute atomic E-state index is 12.7. The number of carbonyl (C=O) groups excluding carboxylic acids is 2. The minimum absolute atomic E-state index is 0.00874. The Morgan fingerprint density at radius 3 is 2.29 bits per heavy atom. The quantitative estimate of drug-likeness (QED) is 0.834. The standard InChI is InChI=1S/C18H35N3O3/c1-12(2)15(19)16(22)21(13(3)4)11-14-9-8-10-20(14)17(23)24-18(5,6)7/h12-15H,8-11,19H2,1-7H3. The lowest BCUT2D eigenvalue weighted by Crippen LogP contribution is -2.54. The molecule has 0 bridgehead atoms. The summed E-state index contributed by atoms with van der Waals surface area (Å²) in [5, 5.41) is 0. The van der Waals surface area contributed by atoms with E-state index in [1.807, 2.05) is 48.5 Å². The predicted molar refractivity (Wildman–Crippen MR) is 95.6 cm³/mol. The third-order valence-corrected chi connectivity index (χ3v) is 4.32. The van der Waals surface area contributed by atoms with Crippen molar-refractivity contribution in [2.24, 2.45) is 11.7 Å². The fraction of sp³-hybridized carbons (Fsp3) is 0.889. The Bertz CT molecular complexity index is 443. The summed E-state index contributed by atoms with van der Waals surface area (Å²) in [4.78, 5) is 28.7. The zero-order chi connectivity index (χ0) is 18.7. The lowest BCUT2D eigenvalue weighted by atomic mass is 10.0. The Kier molecular flexibility index (Phi) is 7.08. The van der Waals surface area contributed by atoms with E-state index >= 15 is 0 Å². The highest BCUT2D eigenvalue weighted by molar-refractivity contribution is 5.82. The first-order valence-electron chi connectivity index (χ1n) is 8.99. The second-order valence-electron chi connectivity index (χ2n) is 8.32. The predicted octanol–water partition coefficient (Wildman–Crippen LogP) is 2.61. The third kappa shape index (κ3) is 5.65. The van der Waals surface area contributed by atoms with Crippen LogP contribution < -0.4 is 5.73 Å². The second-order valence-corrected chi connectivity index (χ2v) is 8.32. The first-order valence-corrected chi connectivity index (χ1v) is 8.99. The minimum Gasteiger partial charge on any atom is -0.444 e. The molecule has 1 aliphatic rings. The van der Waals surface area contributed by atoms with Gasteiger partial charge in [0.05, 0.1) is 12.1 Å². The smallest absolute Gasteiger partial charge is 0.410 e. The number of likely N-dealkylation sites (tertiary alicyclic amines) is 1. The molecule has 0 saturated carbocycles. The lowest BCUT2D eigenvalue weighted by molar-refractivity contribution is -0.136. The largest absolute Gasteiger partial charge is 0.444 e. The van der Waals surface area contributed by atoms with Gasteiger partial charge in [0.2, 0.25) is 5.91 Å². The Morgan fingerprint density at radius 2 is 1.83 bits per heavy atom. The minimum atomic E-state index is -0.516. The summed E-state index contributed by atoms with van der Waals surface area (Å²) in [5.74, 6) is 0.0420. The molecule has 1 aliphatic heterocycles. The number of carbonyl (C=O) groups is 2. The van der Waals surface area contributed by atoms with Crippen molar-refractivity contribution in [3.8, 4) is 0 Å². The van der Waals surface area contributed by atoms with Gasteiger partial charge in [-0.3, -0.25) is 4.79 Å². The van der Waals surface area contributed by atoms with Gasteiger partial charge < -0.3 is 20.3 Å². The molecule has 6 heteroatoms. The van der Waals surface area contributed by atoms with Crippen LogP contribution in [-0.4, -0.2) is 58.6 Å². The van der Waals surface area contributed by atoms with Gasteiger partial charge in [0, 0.05) is 19.1 Å². The van der Waals surface area contributed by atoms with E-state index in [2.05, 4.69) is 0 Å². The summed E-state index contributed by atoms with van der Waals surface area (Å²) in [6, 6.07) is -0.474. The summed E-state index contributed by atoms with van der Waals surface area (Å²) >= 11 is 0. The van der Waals surface area contributed by atoms with Crippen molar-refractivity contribution in [2.75, 3.05) is 13.1 Å². The van der Waals surface area contributed by atoms with Gasteiger partial charge in [-0.1, -0.05) is 13.8 Å². The first kappa shape index (κ1) is 20.7. The molecule has 1 fully saturated rings. The molecule has 2 amide bonds. The molecule has 140 valence electrons. The molecule has 0 aromatic heterocycles. The van der Waals surface area contributed by atoms with E-state index in [1.165, 1.54) is 0 Å². The summed E-state index contributed by atoms with van der Waals surface area (Å²) < 4.78 is 5.50. The third-order valence-electron chi connectivity index (χ3n) is 4.32. The van der Waals surface area contributed by atoms with Gasteiger partial charge in [0.25, 0.3) is 0 Å². The van der Waals surface area contributed by atoms with Crippen molar-refractivity contribution in [1.82, 2.24) is 9.80 Å². The van der Waals surface area contributed by atoms with Crippen LogP contribution in [0.2, 0.25) is 0 Å². The van der Waals surface area contributed by atoms with Crippen LogP contribution in [0.15, 0.2) is 0 Å². The SMILES string of the molecule is CC(C)C(N)C(=O)N(CC1CCCN1C(=O)OC(C)(C)C)C(C)C. The van der Waals surface area contributed by atoms with Crippen LogP contribution in [0, 0.1) is 5.92 Å². The number of amides is 2. The molecule has 2 atom stereocenters. The highest BCUT2D eigenvalue weighted by Crippen LogP contribution is 2.23. The zero-order valence-electron chi connectivity index (χ0n) is 16.3. The van der Waals surface area contributed by atoms with Gasteiger partial charge in [0.15, 0.2) is 0 Å². The number of nitrogens with two attached hydrogens (primary N) is 1. The molecule has 1 heterocycles. The van der Waals surface area contributed by atoms with Crippen molar-refractivity contribution in [3.63, 3.8) is 0 Å². The van der Waals surface area contributed by atoms with Gasteiger partial charge in [-0.25, -0.2) is 4.79 Å². The average Bonchev–Trinajstić information content (AvgIpc) is 2.89. The van der Waals surface area contributed by atoms with Crippen LogP contribution in [0.25, 0.3) is 0 Å². The molecule has 0 spiro atoms. The lowest BCUT2D eigenvalue weighted by Gasteiger charge is -2.36. The molecular weight excluding hydrogens is 306 g/mol. The molecule has 0 radical (unpaired) electrons. The molecule has 0 aromatic carbocycles. The average molecular weight is 341 g/mol.